The number of anilines is 1. The number of nitrogens with two attached hydrogens (primary N) is 1. The molecule has 0 aliphatic rings. The number of aryl methyl sites for hydroxylation is 2. The number of guanidine groups is 1. The van der Waals surface area contributed by atoms with Crippen molar-refractivity contribution in [1.29, 1.82) is 5.26 Å². The van der Waals surface area contributed by atoms with Crippen LogP contribution in [0.4, 0.5) is 5.82 Å². The van der Waals surface area contributed by atoms with Crippen LogP contribution in [0.2, 0.25) is 0 Å². The summed E-state index contributed by atoms with van der Waals surface area (Å²) in [4.78, 5) is 4.24. The molecule has 0 saturated heterocycles. The predicted molar refractivity (Wildman–Crippen MR) is 135 cm³/mol. The SMILES string of the molecule is CN=C(NCCCc1nn(-c2ccc(C)cc2)c(N)c1C#N)NCCn1cccc1.I. The van der Waals surface area contributed by atoms with E-state index in [4.69, 9.17) is 5.73 Å². The second kappa shape index (κ2) is 12.0. The molecule has 8 nitrogen and oxygen atoms in total. The molecule has 0 aliphatic carbocycles. The van der Waals surface area contributed by atoms with Crippen LogP contribution >= 0.6 is 24.0 Å². The van der Waals surface area contributed by atoms with Crippen molar-refractivity contribution in [3.8, 4) is 11.8 Å². The van der Waals surface area contributed by atoms with Crippen LogP contribution in [0.3, 0.4) is 0 Å². The van der Waals surface area contributed by atoms with E-state index in [2.05, 4.69) is 31.4 Å². The lowest BCUT2D eigenvalue weighted by molar-refractivity contribution is 0.659. The molecule has 164 valence electrons. The van der Waals surface area contributed by atoms with Crippen LogP contribution in [-0.2, 0) is 13.0 Å². The molecule has 0 amide bonds. The summed E-state index contributed by atoms with van der Waals surface area (Å²) in [5, 5.41) is 20.7. The lowest BCUT2D eigenvalue weighted by Gasteiger charge is -2.12. The molecule has 0 bridgehead atoms. The third-order valence-electron chi connectivity index (χ3n) is 4.82. The van der Waals surface area contributed by atoms with Gasteiger partial charge in [-0.05, 0) is 44.0 Å². The number of aromatic nitrogens is 3. The molecule has 9 heteroatoms. The molecule has 4 N–H and O–H groups in total. The minimum atomic E-state index is 0. The summed E-state index contributed by atoms with van der Waals surface area (Å²) in [6.45, 7) is 4.39. The topological polar surface area (TPSA) is 109 Å². The Morgan fingerprint density at radius 2 is 1.84 bits per heavy atom. The van der Waals surface area contributed by atoms with Crippen molar-refractivity contribution in [3.63, 3.8) is 0 Å². The van der Waals surface area contributed by atoms with Gasteiger partial charge in [0.15, 0.2) is 5.96 Å². The normalized spacial score (nSPS) is 10.9. The summed E-state index contributed by atoms with van der Waals surface area (Å²) in [6.07, 6.45) is 5.52. The summed E-state index contributed by atoms with van der Waals surface area (Å²) in [5.74, 6) is 1.14. The Balaban J connectivity index is 0.00000341. The maximum atomic E-state index is 9.53. The maximum Gasteiger partial charge on any atom is 0.191 e. The smallest absolute Gasteiger partial charge is 0.191 e. The number of nitrogen functional groups attached to an aromatic ring is 1. The fourth-order valence-electron chi connectivity index (χ4n) is 3.16. The highest BCUT2D eigenvalue weighted by Gasteiger charge is 2.16. The van der Waals surface area contributed by atoms with Crippen molar-refractivity contribution in [1.82, 2.24) is 25.0 Å². The molecule has 0 fully saturated rings. The first-order chi connectivity index (χ1) is 14.6. The molecule has 2 heterocycles. The van der Waals surface area contributed by atoms with E-state index in [9.17, 15) is 5.26 Å². The van der Waals surface area contributed by atoms with E-state index in [1.165, 1.54) is 0 Å². The lowest BCUT2D eigenvalue weighted by Crippen LogP contribution is -2.39. The summed E-state index contributed by atoms with van der Waals surface area (Å²) >= 11 is 0. The molecule has 0 atom stereocenters. The number of hydrogen-bond acceptors (Lipinski definition) is 4. The Bertz CT molecular complexity index is 1010. The molecule has 2 aromatic heterocycles. The molecule has 0 aliphatic heterocycles. The van der Waals surface area contributed by atoms with Gasteiger partial charge in [0, 0.05) is 39.1 Å². The van der Waals surface area contributed by atoms with Gasteiger partial charge >= 0.3 is 0 Å². The van der Waals surface area contributed by atoms with Gasteiger partial charge in [0.2, 0.25) is 0 Å². The van der Waals surface area contributed by atoms with Crippen LogP contribution < -0.4 is 16.4 Å². The van der Waals surface area contributed by atoms with Gasteiger partial charge in [-0.2, -0.15) is 10.4 Å². The van der Waals surface area contributed by atoms with Gasteiger partial charge in [0.1, 0.15) is 17.5 Å². The van der Waals surface area contributed by atoms with Gasteiger partial charge < -0.3 is 20.9 Å². The standard InChI is InChI=1S/C22H28N8.HI/c1-17-7-9-18(10-8-17)30-21(24)19(16-23)20(28-30)6-5-11-26-22(25-2)27-12-15-29-13-3-4-14-29;/h3-4,7-10,13-14H,5-6,11-12,15,24H2,1-2H3,(H2,25,26,27);1H. The Morgan fingerprint density at radius 1 is 1.16 bits per heavy atom. The first-order valence-electron chi connectivity index (χ1n) is 10.0. The fraction of sp³-hybridized carbons (Fsp3) is 0.318. The van der Waals surface area contributed by atoms with Gasteiger partial charge in [0.25, 0.3) is 0 Å². The first-order valence-corrected chi connectivity index (χ1v) is 10.0. The highest BCUT2D eigenvalue weighted by molar-refractivity contribution is 14.0. The second-order valence-corrected chi connectivity index (χ2v) is 7.02. The minimum Gasteiger partial charge on any atom is -0.382 e. The number of nitrogens with one attached hydrogen (secondary N) is 2. The molecule has 3 rings (SSSR count). The Kier molecular flexibility index (Phi) is 9.40. The van der Waals surface area contributed by atoms with E-state index < -0.39 is 0 Å². The zero-order valence-electron chi connectivity index (χ0n) is 17.9. The van der Waals surface area contributed by atoms with Gasteiger partial charge in [-0.25, -0.2) is 4.68 Å². The zero-order valence-corrected chi connectivity index (χ0v) is 20.2. The summed E-state index contributed by atoms with van der Waals surface area (Å²) in [5.41, 5.74) is 9.36. The van der Waals surface area contributed by atoms with Crippen molar-refractivity contribution in [3.05, 3.63) is 65.6 Å². The summed E-state index contributed by atoms with van der Waals surface area (Å²) < 4.78 is 3.75. The number of rotatable bonds is 8. The van der Waals surface area contributed by atoms with Crippen molar-refractivity contribution in [2.24, 2.45) is 4.99 Å². The Hall–Kier alpha value is -3.00. The van der Waals surface area contributed by atoms with Crippen LogP contribution in [0.1, 0.15) is 23.2 Å². The number of benzene rings is 1. The average Bonchev–Trinajstić information content (AvgIpc) is 3.38. The van der Waals surface area contributed by atoms with Crippen molar-refractivity contribution >= 4 is 35.8 Å². The first kappa shape index (κ1) is 24.3. The van der Waals surface area contributed by atoms with E-state index in [1.54, 1.807) is 11.7 Å². The van der Waals surface area contributed by atoms with Crippen molar-refractivity contribution in [2.75, 3.05) is 25.9 Å². The predicted octanol–water partition coefficient (Wildman–Crippen LogP) is 2.85. The Morgan fingerprint density at radius 3 is 2.48 bits per heavy atom. The van der Waals surface area contributed by atoms with Crippen molar-refractivity contribution in [2.45, 2.75) is 26.3 Å². The quantitative estimate of drug-likeness (QED) is 0.179. The van der Waals surface area contributed by atoms with Crippen molar-refractivity contribution < 1.29 is 0 Å². The average molecular weight is 532 g/mol. The lowest BCUT2D eigenvalue weighted by atomic mass is 10.1. The third-order valence-corrected chi connectivity index (χ3v) is 4.82. The molecule has 1 aromatic carbocycles. The fourth-order valence-corrected chi connectivity index (χ4v) is 3.16. The van der Waals surface area contributed by atoms with Crippen LogP contribution in [0.25, 0.3) is 5.69 Å². The molecular weight excluding hydrogens is 503 g/mol. The minimum absolute atomic E-state index is 0. The molecule has 0 unspecified atom stereocenters. The highest BCUT2D eigenvalue weighted by atomic mass is 127. The Labute approximate surface area is 200 Å². The van der Waals surface area contributed by atoms with Gasteiger partial charge in [-0.15, -0.1) is 24.0 Å². The molecule has 0 radical (unpaired) electrons. The molecule has 0 saturated carbocycles. The van der Waals surface area contributed by atoms with Gasteiger partial charge in [0.05, 0.1) is 11.4 Å². The number of aliphatic imine (C=N–C) groups is 1. The largest absolute Gasteiger partial charge is 0.382 e. The molecular formula is C22H29IN8. The number of nitriles is 1. The van der Waals surface area contributed by atoms with Gasteiger partial charge in [-0.1, -0.05) is 17.7 Å². The van der Waals surface area contributed by atoms with Crippen LogP contribution in [0.5, 0.6) is 0 Å². The van der Waals surface area contributed by atoms with Crippen LogP contribution in [0.15, 0.2) is 53.8 Å². The molecule has 0 spiro atoms. The zero-order chi connectivity index (χ0) is 21.3. The van der Waals surface area contributed by atoms with Crippen LogP contribution in [0, 0.1) is 18.3 Å². The second-order valence-electron chi connectivity index (χ2n) is 7.02. The number of halogens is 1. The number of nitrogens with zero attached hydrogens (tertiary/aromatic N) is 5. The van der Waals surface area contributed by atoms with Crippen LogP contribution in [-0.4, -0.2) is 40.4 Å². The highest BCUT2D eigenvalue weighted by Crippen LogP contribution is 2.21. The van der Waals surface area contributed by atoms with E-state index >= 15 is 0 Å². The van der Waals surface area contributed by atoms with Gasteiger partial charge in [-0.3, -0.25) is 4.99 Å². The summed E-state index contributed by atoms with van der Waals surface area (Å²) in [7, 11) is 1.75. The monoisotopic (exact) mass is 532 g/mol. The third kappa shape index (κ3) is 6.49. The van der Waals surface area contributed by atoms with E-state index in [0.717, 1.165) is 36.7 Å². The summed E-state index contributed by atoms with van der Waals surface area (Å²) in [6, 6.07) is 14.1. The maximum absolute atomic E-state index is 9.53. The molecule has 31 heavy (non-hydrogen) atoms. The van der Waals surface area contributed by atoms with E-state index in [-0.39, 0.29) is 24.0 Å². The molecule has 3 aromatic rings. The number of hydrogen-bond donors (Lipinski definition) is 3. The van der Waals surface area contributed by atoms with E-state index in [0.29, 0.717) is 30.0 Å². The van der Waals surface area contributed by atoms with E-state index in [1.807, 2.05) is 55.7 Å².